The minimum atomic E-state index is 0.0132. The fraction of sp³-hybridized carbons (Fsp3) is 0.464. The number of anilines is 1. The van der Waals surface area contributed by atoms with Crippen molar-refractivity contribution < 1.29 is 19.0 Å². The number of nitrogens with one attached hydrogen (secondary N) is 1. The van der Waals surface area contributed by atoms with Crippen molar-refractivity contribution >= 4 is 11.6 Å². The van der Waals surface area contributed by atoms with Crippen molar-refractivity contribution in [2.45, 2.75) is 44.1 Å². The molecule has 1 amide bonds. The SMILES string of the molecule is COc1cc(C2Nc3c(C(=O)N4CCCCCC4)cccc3C3C=CCC32)cc(OC)c1OC. The first kappa shape index (κ1) is 22.6. The lowest BCUT2D eigenvalue weighted by atomic mass is 9.76. The Labute approximate surface area is 201 Å². The smallest absolute Gasteiger partial charge is 0.255 e. The molecule has 2 aromatic rings. The maximum Gasteiger partial charge on any atom is 0.255 e. The molecule has 3 unspecified atom stereocenters. The Hall–Kier alpha value is -3.15. The van der Waals surface area contributed by atoms with Gasteiger partial charge < -0.3 is 24.4 Å². The first-order chi connectivity index (χ1) is 16.7. The van der Waals surface area contributed by atoms with Crippen LogP contribution < -0.4 is 19.5 Å². The first-order valence-corrected chi connectivity index (χ1v) is 12.3. The number of hydrogen-bond donors (Lipinski definition) is 1. The van der Waals surface area contributed by atoms with Crippen LogP contribution in [0.4, 0.5) is 5.69 Å². The van der Waals surface area contributed by atoms with E-state index in [0.717, 1.165) is 49.2 Å². The van der Waals surface area contributed by atoms with Crippen molar-refractivity contribution in [3.8, 4) is 17.2 Å². The molecule has 5 rings (SSSR count). The molecule has 3 atom stereocenters. The minimum Gasteiger partial charge on any atom is -0.493 e. The Balaban J connectivity index is 1.56. The third-order valence-electron chi connectivity index (χ3n) is 7.57. The number of rotatable bonds is 5. The summed E-state index contributed by atoms with van der Waals surface area (Å²) in [6.07, 6.45) is 10.1. The van der Waals surface area contributed by atoms with Gasteiger partial charge in [0.1, 0.15) is 0 Å². The van der Waals surface area contributed by atoms with Gasteiger partial charge in [0.05, 0.1) is 38.6 Å². The maximum absolute atomic E-state index is 13.7. The van der Waals surface area contributed by atoms with E-state index in [1.54, 1.807) is 21.3 Å². The summed E-state index contributed by atoms with van der Waals surface area (Å²) in [6, 6.07) is 10.2. The van der Waals surface area contributed by atoms with Gasteiger partial charge in [0, 0.05) is 19.0 Å². The highest BCUT2D eigenvalue weighted by atomic mass is 16.5. The van der Waals surface area contributed by atoms with Crippen LogP contribution in [0, 0.1) is 5.92 Å². The van der Waals surface area contributed by atoms with Crippen LogP contribution in [0.1, 0.15) is 65.5 Å². The van der Waals surface area contributed by atoms with Gasteiger partial charge in [-0.05, 0) is 54.5 Å². The summed E-state index contributed by atoms with van der Waals surface area (Å²) in [5.74, 6) is 2.61. The molecule has 2 aromatic carbocycles. The zero-order valence-corrected chi connectivity index (χ0v) is 20.3. The van der Waals surface area contributed by atoms with Crippen LogP contribution in [0.5, 0.6) is 17.2 Å². The van der Waals surface area contributed by atoms with Crippen LogP contribution in [-0.2, 0) is 0 Å². The van der Waals surface area contributed by atoms with Crippen LogP contribution >= 0.6 is 0 Å². The number of carbonyl (C=O) groups is 1. The van der Waals surface area contributed by atoms with Crippen LogP contribution in [0.2, 0.25) is 0 Å². The Morgan fingerprint density at radius 2 is 1.68 bits per heavy atom. The summed E-state index contributed by atoms with van der Waals surface area (Å²) < 4.78 is 16.8. The lowest BCUT2D eigenvalue weighted by molar-refractivity contribution is 0.0762. The number of nitrogens with zero attached hydrogens (tertiary/aromatic N) is 1. The van der Waals surface area contributed by atoms with Crippen LogP contribution in [0.25, 0.3) is 0 Å². The number of carbonyl (C=O) groups excluding carboxylic acids is 1. The normalized spacial score (nSPS) is 23.4. The van der Waals surface area contributed by atoms with Crippen LogP contribution in [-0.4, -0.2) is 45.2 Å². The van der Waals surface area contributed by atoms with E-state index >= 15 is 0 Å². The van der Waals surface area contributed by atoms with Gasteiger partial charge >= 0.3 is 0 Å². The molecular formula is C28H34N2O4. The number of allylic oxidation sites excluding steroid dienone is 2. The molecule has 6 heteroatoms. The van der Waals surface area contributed by atoms with E-state index in [0.29, 0.717) is 23.2 Å². The fourth-order valence-electron chi connectivity index (χ4n) is 5.85. The number of likely N-dealkylation sites (tertiary alicyclic amines) is 1. The molecule has 3 aliphatic rings. The molecule has 1 fully saturated rings. The highest BCUT2D eigenvalue weighted by Crippen LogP contribution is 2.52. The average Bonchev–Trinajstić information content (AvgIpc) is 3.22. The van der Waals surface area contributed by atoms with Gasteiger partial charge in [0.15, 0.2) is 11.5 Å². The van der Waals surface area contributed by atoms with Gasteiger partial charge in [-0.2, -0.15) is 0 Å². The number of methoxy groups -OCH3 is 3. The summed E-state index contributed by atoms with van der Waals surface area (Å²) in [7, 11) is 4.90. The predicted octanol–water partition coefficient (Wildman–Crippen LogP) is 5.56. The van der Waals surface area contributed by atoms with E-state index < -0.39 is 0 Å². The second-order valence-electron chi connectivity index (χ2n) is 9.41. The molecule has 1 saturated heterocycles. The molecule has 1 aliphatic carbocycles. The Kier molecular flexibility index (Phi) is 6.40. The van der Waals surface area contributed by atoms with Crippen molar-refractivity contribution in [2.24, 2.45) is 5.92 Å². The summed E-state index contributed by atoms with van der Waals surface area (Å²) >= 11 is 0. The van der Waals surface area contributed by atoms with Crippen molar-refractivity contribution in [3.05, 3.63) is 59.2 Å². The molecule has 0 radical (unpaired) electrons. The molecule has 6 nitrogen and oxygen atoms in total. The van der Waals surface area contributed by atoms with E-state index in [9.17, 15) is 4.79 Å². The average molecular weight is 463 g/mol. The van der Waals surface area contributed by atoms with E-state index in [1.165, 1.54) is 18.4 Å². The minimum absolute atomic E-state index is 0.0132. The monoisotopic (exact) mass is 462 g/mol. The molecule has 0 aromatic heterocycles. The molecule has 180 valence electrons. The predicted molar refractivity (Wildman–Crippen MR) is 133 cm³/mol. The zero-order chi connectivity index (χ0) is 23.7. The standard InChI is InChI=1S/C28H34N2O4/c1-32-23-16-18(17-24(33-2)27(23)34-3)25-20-11-8-10-19(20)21-12-9-13-22(26(21)29-25)28(31)30-14-6-4-5-7-15-30/h8-10,12-13,16-17,19-20,25,29H,4-7,11,14-15H2,1-3H3. The molecule has 2 aliphatic heterocycles. The first-order valence-electron chi connectivity index (χ1n) is 12.3. The third kappa shape index (κ3) is 3.89. The number of para-hydroxylation sites is 1. The van der Waals surface area contributed by atoms with E-state index in [-0.39, 0.29) is 17.9 Å². The van der Waals surface area contributed by atoms with Gasteiger partial charge in [0.25, 0.3) is 5.91 Å². The summed E-state index contributed by atoms with van der Waals surface area (Å²) in [5, 5.41) is 3.79. The lowest BCUT2D eigenvalue weighted by Gasteiger charge is -2.39. The van der Waals surface area contributed by atoms with Gasteiger partial charge in [0.2, 0.25) is 5.75 Å². The lowest BCUT2D eigenvalue weighted by Crippen LogP contribution is -2.35. The molecule has 0 spiro atoms. The number of hydrogen-bond acceptors (Lipinski definition) is 5. The number of amides is 1. The second kappa shape index (κ2) is 9.61. The number of benzene rings is 2. The van der Waals surface area contributed by atoms with Gasteiger partial charge in [-0.25, -0.2) is 0 Å². The van der Waals surface area contributed by atoms with Crippen molar-refractivity contribution in [2.75, 3.05) is 39.7 Å². The van der Waals surface area contributed by atoms with Gasteiger partial charge in [-0.1, -0.05) is 37.1 Å². The molecule has 0 saturated carbocycles. The topological polar surface area (TPSA) is 60.0 Å². The summed E-state index contributed by atoms with van der Waals surface area (Å²) in [4.78, 5) is 15.7. The number of fused-ring (bicyclic) bond motifs is 3. The molecule has 2 heterocycles. The number of ether oxygens (including phenoxy) is 3. The molecular weight excluding hydrogens is 428 g/mol. The van der Waals surface area contributed by atoms with E-state index in [2.05, 4.69) is 23.5 Å². The Bertz CT molecular complexity index is 1060. The fourth-order valence-corrected chi connectivity index (χ4v) is 5.85. The van der Waals surface area contributed by atoms with Crippen molar-refractivity contribution in [3.63, 3.8) is 0 Å². The summed E-state index contributed by atoms with van der Waals surface area (Å²) in [5.41, 5.74) is 4.01. The largest absolute Gasteiger partial charge is 0.493 e. The zero-order valence-electron chi connectivity index (χ0n) is 20.3. The third-order valence-corrected chi connectivity index (χ3v) is 7.57. The maximum atomic E-state index is 13.7. The quantitative estimate of drug-likeness (QED) is 0.590. The Morgan fingerprint density at radius 1 is 0.971 bits per heavy atom. The van der Waals surface area contributed by atoms with Crippen LogP contribution in [0.15, 0.2) is 42.5 Å². The second-order valence-corrected chi connectivity index (χ2v) is 9.41. The highest BCUT2D eigenvalue weighted by Gasteiger charge is 2.40. The molecule has 34 heavy (non-hydrogen) atoms. The van der Waals surface area contributed by atoms with Crippen LogP contribution in [0.3, 0.4) is 0 Å². The Morgan fingerprint density at radius 3 is 2.32 bits per heavy atom. The highest BCUT2D eigenvalue weighted by molar-refractivity contribution is 6.01. The van der Waals surface area contributed by atoms with Gasteiger partial charge in [-0.15, -0.1) is 0 Å². The molecule has 1 N–H and O–H groups in total. The summed E-state index contributed by atoms with van der Waals surface area (Å²) in [6.45, 7) is 1.68. The van der Waals surface area contributed by atoms with Crippen molar-refractivity contribution in [1.29, 1.82) is 0 Å². The van der Waals surface area contributed by atoms with E-state index in [1.807, 2.05) is 29.2 Å². The van der Waals surface area contributed by atoms with E-state index in [4.69, 9.17) is 14.2 Å². The molecule has 0 bridgehead atoms. The van der Waals surface area contributed by atoms with Crippen molar-refractivity contribution in [1.82, 2.24) is 4.90 Å². The van der Waals surface area contributed by atoms with Gasteiger partial charge in [-0.3, -0.25) is 4.79 Å².